The Labute approximate surface area is 197 Å². The first-order valence-corrected chi connectivity index (χ1v) is 10.8. The van der Waals surface area contributed by atoms with Crippen LogP contribution in [0, 0.1) is 5.41 Å². The van der Waals surface area contributed by atoms with Crippen LogP contribution in [0.4, 0.5) is 22.0 Å². The predicted octanol–water partition coefficient (Wildman–Crippen LogP) is 5.72. The maximum atomic E-state index is 12.1. The fourth-order valence-corrected chi connectivity index (χ4v) is 2.98. The smallest absolute Gasteiger partial charge is 0.412 e. The van der Waals surface area contributed by atoms with Crippen LogP contribution < -0.4 is 10.6 Å². The number of carbonyl (C=O) groups is 2. The Balaban J connectivity index is 1.80. The number of nitrogens with one attached hydrogen (secondary N) is 2. The van der Waals surface area contributed by atoms with Crippen LogP contribution in [0.3, 0.4) is 0 Å². The summed E-state index contributed by atoms with van der Waals surface area (Å²) in [4.78, 5) is 32.7. The maximum absolute atomic E-state index is 12.1. The Bertz CT molecular complexity index is 1180. The van der Waals surface area contributed by atoms with Crippen LogP contribution in [0.5, 0.6) is 0 Å². The van der Waals surface area contributed by atoms with Gasteiger partial charge < -0.3 is 14.8 Å². The molecule has 176 valence electrons. The van der Waals surface area contributed by atoms with E-state index in [9.17, 15) is 9.59 Å². The van der Waals surface area contributed by atoms with Gasteiger partial charge in [0.15, 0.2) is 6.73 Å². The van der Waals surface area contributed by atoms with Crippen molar-refractivity contribution in [3.63, 3.8) is 0 Å². The highest BCUT2D eigenvalue weighted by molar-refractivity contribution is 6.28. The lowest BCUT2D eigenvalue weighted by Crippen LogP contribution is -2.27. The molecule has 0 bridgehead atoms. The molecule has 0 unspecified atom stereocenters. The summed E-state index contributed by atoms with van der Waals surface area (Å²) in [5.74, 6) is 0.150. The van der Waals surface area contributed by atoms with E-state index in [1.165, 1.54) is 0 Å². The van der Waals surface area contributed by atoms with E-state index < -0.39 is 17.1 Å². The summed E-state index contributed by atoms with van der Waals surface area (Å²) in [5.41, 5.74) is 0.532. The molecule has 0 atom stereocenters. The SMILES string of the molecule is CC(C)(C)OC(=O)Nc1cccc(Nc2nc(Cl)nc3c2ccn3COC(=O)C(C)(C)C)c1. The molecule has 3 aromatic rings. The van der Waals surface area contributed by atoms with Crippen molar-refractivity contribution < 1.29 is 19.1 Å². The minimum atomic E-state index is -0.610. The van der Waals surface area contributed by atoms with E-state index in [1.54, 1.807) is 70.5 Å². The first-order chi connectivity index (χ1) is 15.3. The number of amides is 1. The monoisotopic (exact) mass is 473 g/mol. The predicted molar refractivity (Wildman–Crippen MR) is 128 cm³/mol. The minimum absolute atomic E-state index is 0.00167. The summed E-state index contributed by atoms with van der Waals surface area (Å²) in [7, 11) is 0. The second-order valence-corrected chi connectivity index (χ2v) is 9.85. The fourth-order valence-electron chi connectivity index (χ4n) is 2.82. The molecule has 0 fully saturated rings. The summed E-state index contributed by atoms with van der Waals surface area (Å²) < 4.78 is 12.4. The number of halogens is 1. The summed E-state index contributed by atoms with van der Waals surface area (Å²) in [6.45, 7) is 10.8. The first kappa shape index (κ1) is 24.3. The van der Waals surface area contributed by atoms with E-state index in [0.29, 0.717) is 28.2 Å². The van der Waals surface area contributed by atoms with Crippen molar-refractivity contribution in [1.29, 1.82) is 0 Å². The zero-order valence-corrected chi connectivity index (χ0v) is 20.3. The zero-order valence-electron chi connectivity index (χ0n) is 19.5. The average Bonchev–Trinajstić information content (AvgIpc) is 3.07. The van der Waals surface area contributed by atoms with Crippen LogP contribution in [-0.4, -0.2) is 32.2 Å². The molecule has 0 aliphatic carbocycles. The molecular weight excluding hydrogens is 446 g/mol. The number of nitrogens with zero attached hydrogens (tertiary/aromatic N) is 3. The van der Waals surface area contributed by atoms with E-state index in [2.05, 4.69) is 20.6 Å². The van der Waals surface area contributed by atoms with Crippen LogP contribution in [0.1, 0.15) is 41.5 Å². The van der Waals surface area contributed by atoms with Crippen molar-refractivity contribution in [3.8, 4) is 0 Å². The van der Waals surface area contributed by atoms with Crippen molar-refractivity contribution in [3.05, 3.63) is 41.8 Å². The maximum Gasteiger partial charge on any atom is 0.412 e. The number of rotatable bonds is 5. The second kappa shape index (κ2) is 9.27. The summed E-state index contributed by atoms with van der Waals surface area (Å²) in [6, 6.07) is 8.91. The Morgan fingerprint density at radius 3 is 2.42 bits per heavy atom. The molecule has 0 spiro atoms. The van der Waals surface area contributed by atoms with Crippen molar-refractivity contribution in [2.45, 2.75) is 53.9 Å². The van der Waals surface area contributed by atoms with Gasteiger partial charge in [0.1, 0.15) is 17.1 Å². The van der Waals surface area contributed by atoms with Crippen molar-refractivity contribution in [1.82, 2.24) is 14.5 Å². The molecule has 1 aromatic carbocycles. The molecule has 2 heterocycles. The van der Waals surface area contributed by atoms with Crippen molar-refractivity contribution in [2.24, 2.45) is 5.41 Å². The molecule has 3 rings (SSSR count). The number of carbonyl (C=O) groups excluding carboxylic acids is 2. The lowest BCUT2D eigenvalue weighted by Gasteiger charge is -2.19. The normalized spacial score (nSPS) is 11.8. The van der Waals surface area contributed by atoms with Crippen molar-refractivity contribution >= 4 is 51.9 Å². The lowest BCUT2D eigenvalue weighted by atomic mass is 9.98. The van der Waals surface area contributed by atoms with E-state index in [1.807, 2.05) is 12.1 Å². The highest BCUT2D eigenvalue weighted by Crippen LogP contribution is 2.28. The number of benzene rings is 1. The number of ether oxygens (including phenoxy) is 2. The molecular formula is C23H28ClN5O4. The number of fused-ring (bicyclic) bond motifs is 1. The molecule has 0 saturated carbocycles. The number of esters is 1. The molecule has 0 radical (unpaired) electrons. The van der Waals surface area contributed by atoms with Crippen LogP contribution >= 0.6 is 11.6 Å². The standard InChI is InChI=1S/C23H28ClN5O4/c1-22(2,3)19(30)32-13-29-11-10-16-17(27-20(24)28-18(16)29)25-14-8-7-9-15(12-14)26-21(31)33-23(4,5)6/h7-12H,13H2,1-6H3,(H,26,31)(H,25,27,28). The number of hydrogen-bond donors (Lipinski definition) is 2. The van der Waals surface area contributed by atoms with E-state index >= 15 is 0 Å². The Hall–Kier alpha value is -3.33. The van der Waals surface area contributed by atoms with Crippen LogP contribution in [0.15, 0.2) is 36.5 Å². The Morgan fingerprint density at radius 2 is 1.76 bits per heavy atom. The van der Waals surface area contributed by atoms with E-state index in [4.69, 9.17) is 21.1 Å². The van der Waals surface area contributed by atoms with Gasteiger partial charge in [0.05, 0.1) is 10.8 Å². The molecule has 2 aromatic heterocycles. The summed E-state index contributed by atoms with van der Waals surface area (Å²) in [6.07, 6.45) is 1.20. The quantitative estimate of drug-likeness (QED) is 0.360. The Morgan fingerprint density at radius 1 is 1.06 bits per heavy atom. The van der Waals surface area contributed by atoms with Gasteiger partial charge >= 0.3 is 12.1 Å². The summed E-state index contributed by atoms with van der Waals surface area (Å²) in [5, 5.41) is 6.64. The number of anilines is 3. The number of hydrogen-bond acceptors (Lipinski definition) is 7. The lowest BCUT2D eigenvalue weighted by molar-refractivity contribution is -0.156. The van der Waals surface area contributed by atoms with Gasteiger partial charge in [0.25, 0.3) is 0 Å². The molecule has 0 aliphatic rings. The van der Waals surface area contributed by atoms with Gasteiger partial charge in [-0.2, -0.15) is 9.97 Å². The third kappa shape index (κ3) is 6.58. The zero-order chi connectivity index (χ0) is 24.4. The molecule has 9 nitrogen and oxygen atoms in total. The average molecular weight is 474 g/mol. The number of aromatic nitrogens is 3. The second-order valence-electron chi connectivity index (χ2n) is 9.51. The Kier molecular flexibility index (Phi) is 6.83. The fraction of sp³-hybridized carbons (Fsp3) is 0.391. The molecule has 0 saturated heterocycles. The van der Waals surface area contributed by atoms with Gasteiger partial charge in [0, 0.05) is 17.6 Å². The molecule has 0 aliphatic heterocycles. The first-order valence-electron chi connectivity index (χ1n) is 10.4. The van der Waals surface area contributed by atoms with E-state index in [0.717, 1.165) is 0 Å². The van der Waals surface area contributed by atoms with Crippen LogP contribution in [-0.2, 0) is 21.0 Å². The van der Waals surface area contributed by atoms with Gasteiger partial charge in [-0.25, -0.2) is 4.79 Å². The van der Waals surface area contributed by atoms with Crippen molar-refractivity contribution in [2.75, 3.05) is 10.6 Å². The summed E-state index contributed by atoms with van der Waals surface area (Å²) >= 11 is 6.16. The third-order valence-electron chi connectivity index (χ3n) is 4.31. The largest absolute Gasteiger partial charge is 0.444 e. The minimum Gasteiger partial charge on any atom is -0.444 e. The highest BCUT2D eigenvalue weighted by Gasteiger charge is 2.23. The van der Waals surface area contributed by atoms with Gasteiger partial charge in [-0.1, -0.05) is 6.07 Å². The molecule has 2 N–H and O–H groups in total. The highest BCUT2D eigenvalue weighted by atomic mass is 35.5. The van der Waals surface area contributed by atoms with Gasteiger partial charge in [-0.15, -0.1) is 0 Å². The van der Waals surface area contributed by atoms with Gasteiger partial charge in [-0.05, 0) is 77.4 Å². The van der Waals surface area contributed by atoms with E-state index in [-0.39, 0.29) is 18.0 Å². The van der Waals surface area contributed by atoms with Gasteiger partial charge in [-0.3, -0.25) is 14.7 Å². The van der Waals surface area contributed by atoms with Crippen LogP contribution in [0.25, 0.3) is 11.0 Å². The van der Waals surface area contributed by atoms with Gasteiger partial charge in [0.2, 0.25) is 5.28 Å². The topological polar surface area (TPSA) is 107 Å². The molecule has 33 heavy (non-hydrogen) atoms. The van der Waals surface area contributed by atoms with Crippen LogP contribution in [0.2, 0.25) is 5.28 Å². The molecule has 10 heteroatoms. The molecule has 1 amide bonds. The third-order valence-corrected chi connectivity index (χ3v) is 4.48.